The van der Waals surface area contributed by atoms with Crippen molar-refractivity contribution in [3.8, 4) is 5.69 Å². The molecule has 0 fully saturated rings. The van der Waals surface area contributed by atoms with Gasteiger partial charge in [0.2, 0.25) is 5.91 Å². The van der Waals surface area contributed by atoms with E-state index in [0.29, 0.717) is 17.7 Å². The smallest absolute Gasteiger partial charge is 0.251 e. The van der Waals surface area contributed by atoms with Gasteiger partial charge in [-0.15, -0.1) is 0 Å². The van der Waals surface area contributed by atoms with E-state index >= 15 is 0 Å². The van der Waals surface area contributed by atoms with Crippen LogP contribution in [0.15, 0.2) is 60.7 Å². The maximum Gasteiger partial charge on any atom is 0.251 e. The summed E-state index contributed by atoms with van der Waals surface area (Å²) in [6, 6.07) is 18.5. The van der Waals surface area contributed by atoms with Gasteiger partial charge in [-0.2, -0.15) is 0 Å². The van der Waals surface area contributed by atoms with E-state index in [1.54, 1.807) is 24.3 Å². The van der Waals surface area contributed by atoms with Crippen molar-refractivity contribution in [2.75, 3.05) is 0 Å². The first-order chi connectivity index (χ1) is 12.5. The molecule has 0 atom stereocenters. The Labute approximate surface area is 152 Å². The zero-order valence-corrected chi connectivity index (χ0v) is 14.8. The molecule has 0 aliphatic heterocycles. The second-order valence-corrected chi connectivity index (χ2v) is 6.24. The summed E-state index contributed by atoms with van der Waals surface area (Å²) in [5.41, 5.74) is 10.5. The van der Waals surface area contributed by atoms with E-state index in [4.69, 9.17) is 5.73 Å². The summed E-state index contributed by atoms with van der Waals surface area (Å²) in [6.07, 6.45) is 0. The number of rotatable bonds is 5. The Hall–Kier alpha value is -3.34. The van der Waals surface area contributed by atoms with Crippen molar-refractivity contribution < 1.29 is 9.59 Å². The largest absolute Gasteiger partial charge is 0.366 e. The highest BCUT2D eigenvalue weighted by Gasteiger charge is 2.08. The molecule has 3 rings (SSSR count). The number of carbonyl (C=O) groups is 2. The Bertz CT molecular complexity index is 919. The Morgan fingerprint density at radius 3 is 1.92 bits per heavy atom. The molecule has 5 heteroatoms. The third kappa shape index (κ3) is 3.67. The van der Waals surface area contributed by atoms with Crippen LogP contribution in [0.3, 0.4) is 0 Å². The zero-order chi connectivity index (χ0) is 18.7. The van der Waals surface area contributed by atoms with Gasteiger partial charge in [-0.25, -0.2) is 0 Å². The third-order valence-electron chi connectivity index (χ3n) is 4.35. The molecule has 0 saturated heterocycles. The molecule has 5 nitrogen and oxygen atoms in total. The molecule has 0 spiro atoms. The topological polar surface area (TPSA) is 77.1 Å². The number of carbonyl (C=O) groups excluding carboxylic acids is 2. The van der Waals surface area contributed by atoms with E-state index in [-0.39, 0.29) is 5.91 Å². The lowest BCUT2D eigenvalue weighted by Crippen LogP contribution is -2.22. The number of nitrogens with one attached hydrogen (secondary N) is 1. The van der Waals surface area contributed by atoms with Gasteiger partial charge in [0.15, 0.2) is 0 Å². The number of primary amides is 1. The third-order valence-corrected chi connectivity index (χ3v) is 4.35. The van der Waals surface area contributed by atoms with Crippen molar-refractivity contribution in [2.45, 2.75) is 20.4 Å². The first-order valence-corrected chi connectivity index (χ1v) is 8.38. The minimum Gasteiger partial charge on any atom is -0.366 e. The van der Waals surface area contributed by atoms with Crippen molar-refractivity contribution in [2.24, 2.45) is 5.73 Å². The Balaban J connectivity index is 1.66. The molecule has 3 aromatic rings. The number of nitrogens with zero attached hydrogens (tertiary/aromatic N) is 1. The fraction of sp³-hybridized carbons (Fsp3) is 0.143. The molecule has 0 unspecified atom stereocenters. The molecular weight excluding hydrogens is 326 g/mol. The second-order valence-electron chi connectivity index (χ2n) is 6.24. The SMILES string of the molecule is Cc1ccc(C)n1-c1ccc(C(=O)NCc2ccc(C(N)=O)cc2)cc1. The molecule has 132 valence electrons. The number of hydrogen-bond acceptors (Lipinski definition) is 2. The van der Waals surface area contributed by atoms with E-state index in [9.17, 15) is 9.59 Å². The molecule has 2 aromatic carbocycles. The first-order valence-electron chi connectivity index (χ1n) is 8.38. The van der Waals surface area contributed by atoms with Crippen molar-refractivity contribution >= 4 is 11.8 Å². The second kappa shape index (κ2) is 7.27. The Morgan fingerprint density at radius 2 is 1.38 bits per heavy atom. The maximum absolute atomic E-state index is 12.3. The zero-order valence-electron chi connectivity index (χ0n) is 14.8. The van der Waals surface area contributed by atoms with Gasteiger partial charge in [-0.05, 0) is 67.9 Å². The van der Waals surface area contributed by atoms with E-state index in [1.165, 1.54) is 0 Å². The number of hydrogen-bond donors (Lipinski definition) is 2. The monoisotopic (exact) mass is 347 g/mol. The van der Waals surface area contributed by atoms with Crippen LogP contribution in [-0.4, -0.2) is 16.4 Å². The molecular formula is C21H21N3O2. The summed E-state index contributed by atoms with van der Waals surface area (Å²) in [6.45, 7) is 4.49. The molecule has 1 aromatic heterocycles. The van der Waals surface area contributed by atoms with Crippen LogP contribution in [0.2, 0.25) is 0 Å². The normalized spacial score (nSPS) is 10.5. The average molecular weight is 347 g/mol. The van der Waals surface area contributed by atoms with E-state index in [2.05, 4.69) is 35.9 Å². The maximum atomic E-state index is 12.3. The number of aromatic nitrogens is 1. The molecule has 0 aliphatic rings. The summed E-state index contributed by atoms with van der Waals surface area (Å²) in [5, 5.41) is 2.88. The van der Waals surface area contributed by atoms with Crippen LogP contribution in [0, 0.1) is 13.8 Å². The molecule has 0 saturated carbocycles. The van der Waals surface area contributed by atoms with Crippen LogP contribution in [0.4, 0.5) is 0 Å². The van der Waals surface area contributed by atoms with E-state index in [1.807, 2.05) is 24.3 Å². The van der Waals surface area contributed by atoms with Crippen molar-refractivity contribution in [3.63, 3.8) is 0 Å². The van der Waals surface area contributed by atoms with Gasteiger partial charge < -0.3 is 15.6 Å². The van der Waals surface area contributed by atoms with E-state index < -0.39 is 5.91 Å². The van der Waals surface area contributed by atoms with E-state index in [0.717, 1.165) is 22.6 Å². The van der Waals surface area contributed by atoms with Crippen LogP contribution >= 0.6 is 0 Å². The number of nitrogens with two attached hydrogens (primary N) is 1. The van der Waals surface area contributed by atoms with Gasteiger partial charge in [0.25, 0.3) is 5.91 Å². The van der Waals surface area contributed by atoms with Gasteiger partial charge >= 0.3 is 0 Å². The minimum absolute atomic E-state index is 0.142. The van der Waals surface area contributed by atoms with Crippen LogP contribution in [0.5, 0.6) is 0 Å². The summed E-state index contributed by atoms with van der Waals surface area (Å²) in [4.78, 5) is 23.4. The lowest BCUT2D eigenvalue weighted by Gasteiger charge is -2.11. The van der Waals surface area contributed by atoms with Gasteiger partial charge in [-0.1, -0.05) is 12.1 Å². The van der Waals surface area contributed by atoms with Crippen molar-refractivity contribution in [1.82, 2.24) is 9.88 Å². The predicted molar refractivity (Wildman–Crippen MR) is 101 cm³/mol. The van der Waals surface area contributed by atoms with Crippen molar-refractivity contribution in [1.29, 1.82) is 0 Å². The number of aryl methyl sites for hydroxylation is 2. The van der Waals surface area contributed by atoms with Gasteiger partial charge in [0, 0.05) is 34.7 Å². The summed E-state index contributed by atoms with van der Waals surface area (Å²) in [7, 11) is 0. The number of benzene rings is 2. The highest BCUT2D eigenvalue weighted by molar-refractivity contribution is 5.94. The summed E-state index contributed by atoms with van der Waals surface area (Å²) < 4.78 is 2.14. The van der Waals surface area contributed by atoms with Crippen molar-refractivity contribution in [3.05, 3.63) is 88.7 Å². The summed E-state index contributed by atoms with van der Waals surface area (Å²) in [5.74, 6) is -0.606. The van der Waals surface area contributed by atoms with Crippen LogP contribution in [-0.2, 0) is 6.54 Å². The molecule has 0 aliphatic carbocycles. The Kier molecular flexibility index (Phi) is 4.89. The standard InChI is InChI=1S/C21H21N3O2/c1-14-3-4-15(2)24(14)19-11-9-18(10-12-19)21(26)23-13-16-5-7-17(8-6-16)20(22)25/h3-12H,13H2,1-2H3,(H2,22,25)(H,23,26). The van der Waals surface area contributed by atoms with Crippen LogP contribution < -0.4 is 11.1 Å². The highest BCUT2D eigenvalue weighted by atomic mass is 16.2. The molecule has 2 amide bonds. The Morgan fingerprint density at radius 1 is 0.846 bits per heavy atom. The van der Waals surface area contributed by atoms with Crippen LogP contribution in [0.25, 0.3) is 5.69 Å². The molecule has 1 heterocycles. The van der Waals surface area contributed by atoms with Gasteiger partial charge in [0.1, 0.15) is 0 Å². The number of amides is 2. The lowest BCUT2D eigenvalue weighted by atomic mass is 10.1. The van der Waals surface area contributed by atoms with Gasteiger partial charge in [-0.3, -0.25) is 9.59 Å². The molecule has 0 radical (unpaired) electrons. The predicted octanol–water partition coefficient (Wildman–Crippen LogP) is 3.12. The average Bonchev–Trinajstić information content (AvgIpc) is 2.98. The minimum atomic E-state index is -0.464. The van der Waals surface area contributed by atoms with Gasteiger partial charge in [0.05, 0.1) is 0 Å². The fourth-order valence-corrected chi connectivity index (χ4v) is 2.91. The molecule has 0 bridgehead atoms. The molecule has 26 heavy (non-hydrogen) atoms. The fourth-order valence-electron chi connectivity index (χ4n) is 2.91. The van der Waals surface area contributed by atoms with Crippen LogP contribution in [0.1, 0.15) is 37.7 Å². The first kappa shape index (κ1) is 17.5. The molecule has 3 N–H and O–H groups in total. The quantitative estimate of drug-likeness (QED) is 0.744. The lowest BCUT2D eigenvalue weighted by molar-refractivity contribution is 0.0949. The highest BCUT2D eigenvalue weighted by Crippen LogP contribution is 2.17. The summed E-state index contributed by atoms with van der Waals surface area (Å²) >= 11 is 0.